The number of hydrogen-bond acceptors (Lipinski definition) is 1. The molecule has 10 rings (SSSR count). The van der Waals surface area contributed by atoms with Crippen molar-refractivity contribution in [3.8, 4) is 55.6 Å². The fraction of sp³-hybridized carbons (Fsp3) is 0.127. The lowest BCUT2D eigenvalue weighted by atomic mass is 9.81. The van der Waals surface area contributed by atoms with E-state index in [9.17, 15) is 0 Å². The van der Waals surface area contributed by atoms with Gasteiger partial charge < -0.3 is 4.90 Å². The van der Waals surface area contributed by atoms with Gasteiger partial charge in [-0.05, 0) is 134 Å². The minimum absolute atomic E-state index is 0.131. The number of fused-ring (bicyclic) bond motifs is 4. The Bertz CT molecular complexity index is 2670. The second kappa shape index (κ2) is 14.0. The van der Waals surface area contributed by atoms with Crippen molar-refractivity contribution in [1.29, 1.82) is 0 Å². The standard InChI is InChI=1S/C55H45N/c1-55(2)52-20-12-11-19-49(52)51-36-50(46-26-25-40-17-9-10-18-45(40)35-46)54(37-53(51)55)56(47-31-27-43(28-32-47)39-15-7-4-8-16-39)48-33-29-44(30-34-48)42-23-21-41(22-24-42)38-13-5-3-6-14-38/h3-8,11-16,19-37H,9-10,17-18H2,1-2H3. The summed E-state index contributed by atoms with van der Waals surface area (Å²) in [5.74, 6) is 0. The van der Waals surface area contributed by atoms with Crippen molar-refractivity contribution in [2.75, 3.05) is 4.90 Å². The van der Waals surface area contributed by atoms with Crippen LogP contribution < -0.4 is 4.90 Å². The highest BCUT2D eigenvalue weighted by molar-refractivity contribution is 5.95. The largest absolute Gasteiger partial charge is 0.310 e. The highest BCUT2D eigenvalue weighted by Crippen LogP contribution is 2.53. The average Bonchev–Trinajstić information content (AvgIpc) is 3.49. The molecule has 1 nitrogen and oxygen atoms in total. The number of nitrogens with zero attached hydrogens (tertiary/aromatic N) is 1. The maximum absolute atomic E-state index is 2.51. The van der Waals surface area contributed by atoms with Crippen LogP contribution in [0.25, 0.3) is 55.6 Å². The SMILES string of the molecule is CC1(C)c2ccccc2-c2cc(-c3ccc4c(c3)CCCC4)c(N(c3ccc(-c4ccccc4)cc3)c3ccc(-c4ccc(-c5ccccc5)cc4)cc3)cc21. The molecule has 0 amide bonds. The van der Waals surface area contributed by atoms with Crippen LogP contribution in [-0.2, 0) is 18.3 Å². The molecule has 0 radical (unpaired) electrons. The van der Waals surface area contributed by atoms with Crippen molar-refractivity contribution in [2.24, 2.45) is 0 Å². The van der Waals surface area contributed by atoms with E-state index >= 15 is 0 Å². The zero-order valence-electron chi connectivity index (χ0n) is 32.2. The zero-order chi connectivity index (χ0) is 37.6. The van der Waals surface area contributed by atoms with Crippen LogP contribution in [0.1, 0.15) is 48.9 Å². The van der Waals surface area contributed by atoms with Crippen molar-refractivity contribution in [3.63, 3.8) is 0 Å². The van der Waals surface area contributed by atoms with Gasteiger partial charge in [0.05, 0.1) is 5.69 Å². The van der Waals surface area contributed by atoms with Crippen LogP contribution in [0, 0.1) is 0 Å². The van der Waals surface area contributed by atoms with E-state index in [0.29, 0.717) is 0 Å². The van der Waals surface area contributed by atoms with Gasteiger partial charge in [0.1, 0.15) is 0 Å². The van der Waals surface area contributed by atoms with Gasteiger partial charge in [0, 0.05) is 22.4 Å². The quantitative estimate of drug-likeness (QED) is 0.159. The Kier molecular flexibility index (Phi) is 8.52. The number of aryl methyl sites for hydroxylation is 2. The highest BCUT2D eigenvalue weighted by Gasteiger charge is 2.37. The summed E-state index contributed by atoms with van der Waals surface area (Å²) in [6, 6.07) is 69.8. The molecule has 0 heterocycles. The van der Waals surface area contributed by atoms with Crippen molar-refractivity contribution >= 4 is 17.1 Å². The van der Waals surface area contributed by atoms with Gasteiger partial charge in [-0.1, -0.05) is 166 Å². The first kappa shape index (κ1) is 34.1. The molecule has 8 aromatic rings. The maximum atomic E-state index is 2.51. The lowest BCUT2D eigenvalue weighted by Gasteiger charge is -2.31. The normalized spacial score (nSPS) is 13.8. The van der Waals surface area contributed by atoms with E-state index in [2.05, 4.69) is 207 Å². The van der Waals surface area contributed by atoms with E-state index < -0.39 is 0 Å². The van der Waals surface area contributed by atoms with Crippen molar-refractivity contribution in [1.82, 2.24) is 0 Å². The molecule has 1 heteroatoms. The second-order valence-electron chi connectivity index (χ2n) is 16.0. The number of rotatable bonds is 7. The Morgan fingerprint density at radius 3 is 1.39 bits per heavy atom. The van der Waals surface area contributed by atoms with Gasteiger partial charge in [-0.3, -0.25) is 0 Å². The van der Waals surface area contributed by atoms with Crippen molar-refractivity contribution in [2.45, 2.75) is 44.9 Å². The molecular formula is C55H45N. The van der Waals surface area contributed by atoms with Crippen LogP contribution in [0.5, 0.6) is 0 Å². The molecule has 0 spiro atoms. The van der Waals surface area contributed by atoms with Gasteiger partial charge >= 0.3 is 0 Å². The van der Waals surface area contributed by atoms with Crippen LogP contribution in [0.3, 0.4) is 0 Å². The average molecular weight is 720 g/mol. The van der Waals surface area contributed by atoms with Gasteiger partial charge in [0.2, 0.25) is 0 Å². The highest BCUT2D eigenvalue weighted by atomic mass is 15.1. The molecule has 8 aromatic carbocycles. The van der Waals surface area contributed by atoms with Crippen LogP contribution in [0.2, 0.25) is 0 Å². The Hall–Kier alpha value is -6.44. The Balaban J connectivity index is 1.14. The maximum Gasteiger partial charge on any atom is 0.0543 e. The molecule has 0 bridgehead atoms. The zero-order valence-corrected chi connectivity index (χ0v) is 32.2. The molecule has 0 unspecified atom stereocenters. The van der Waals surface area contributed by atoms with E-state index in [1.54, 1.807) is 0 Å². The van der Waals surface area contributed by atoms with Crippen LogP contribution >= 0.6 is 0 Å². The first-order valence-corrected chi connectivity index (χ1v) is 20.1. The third-order valence-corrected chi connectivity index (χ3v) is 12.3. The van der Waals surface area contributed by atoms with E-state index in [1.807, 2.05) is 0 Å². The summed E-state index contributed by atoms with van der Waals surface area (Å²) < 4.78 is 0. The first-order valence-electron chi connectivity index (χ1n) is 20.1. The summed E-state index contributed by atoms with van der Waals surface area (Å²) in [5, 5.41) is 0. The molecule has 0 atom stereocenters. The van der Waals surface area contributed by atoms with Crippen LogP contribution in [-0.4, -0.2) is 0 Å². The minimum Gasteiger partial charge on any atom is -0.310 e. The molecular weight excluding hydrogens is 675 g/mol. The molecule has 0 saturated carbocycles. The number of anilines is 3. The molecule has 2 aliphatic rings. The van der Waals surface area contributed by atoms with Crippen molar-refractivity contribution in [3.05, 3.63) is 210 Å². The molecule has 2 aliphatic carbocycles. The molecule has 0 saturated heterocycles. The van der Waals surface area contributed by atoms with E-state index in [1.165, 1.54) is 103 Å². The fourth-order valence-corrected chi connectivity index (χ4v) is 9.20. The number of hydrogen-bond donors (Lipinski definition) is 0. The molecule has 0 N–H and O–H groups in total. The topological polar surface area (TPSA) is 3.24 Å². The predicted molar refractivity (Wildman–Crippen MR) is 237 cm³/mol. The predicted octanol–water partition coefficient (Wildman–Crippen LogP) is 15.0. The summed E-state index contributed by atoms with van der Waals surface area (Å²) in [7, 11) is 0. The van der Waals surface area contributed by atoms with Gasteiger partial charge in [-0.25, -0.2) is 0 Å². The smallest absolute Gasteiger partial charge is 0.0543 e. The van der Waals surface area contributed by atoms with E-state index in [-0.39, 0.29) is 5.41 Å². The third kappa shape index (κ3) is 6.05. The Morgan fingerprint density at radius 1 is 0.357 bits per heavy atom. The molecule has 56 heavy (non-hydrogen) atoms. The van der Waals surface area contributed by atoms with Gasteiger partial charge in [-0.15, -0.1) is 0 Å². The van der Waals surface area contributed by atoms with E-state index in [0.717, 1.165) is 17.8 Å². The Morgan fingerprint density at radius 2 is 0.821 bits per heavy atom. The summed E-state index contributed by atoms with van der Waals surface area (Å²) in [6.45, 7) is 4.77. The van der Waals surface area contributed by atoms with Gasteiger partial charge in [0.25, 0.3) is 0 Å². The fourth-order valence-electron chi connectivity index (χ4n) is 9.20. The molecule has 0 fully saturated rings. The minimum atomic E-state index is -0.131. The lowest BCUT2D eigenvalue weighted by molar-refractivity contribution is 0.660. The Labute approximate surface area is 331 Å². The van der Waals surface area contributed by atoms with E-state index in [4.69, 9.17) is 0 Å². The third-order valence-electron chi connectivity index (χ3n) is 12.3. The first-order chi connectivity index (χ1) is 27.5. The van der Waals surface area contributed by atoms with Crippen LogP contribution in [0.15, 0.2) is 188 Å². The molecule has 0 aliphatic heterocycles. The van der Waals surface area contributed by atoms with Crippen molar-refractivity contribution < 1.29 is 0 Å². The van der Waals surface area contributed by atoms with Gasteiger partial charge in [-0.2, -0.15) is 0 Å². The molecule has 270 valence electrons. The summed E-state index contributed by atoms with van der Waals surface area (Å²) in [4.78, 5) is 2.49. The second-order valence-corrected chi connectivity index (χ2v) is 16.0. The molecule has 0 aromatic heterocycles. The summed E-state index contributed by atoms with van der Waals surface area (Å²) in [6.07, 6.45) is 4.87. The summed E-state index contributed by atoms with van der Waals surface area (Å²) in [5.41, 5.74) is 21.7. The van der Waals surface area contributed by atoms with Crippen LogP contribution in [0.4, 0.5) is 17.1 Å². The lowest BCUT2D eigenvalue weighted by Crippen LogP contribution is -2.17. The summed E-state index contributed by atoms with van der Waals surface area (Å²) >= 11 is 0. The van der Waals surface area contributed by atoms with Gasteiger partial charge in [0.15, 0.2) is 0 Å². The number of benzene rings is 8. The monoisotopic (exact) mass is 719 g/mol.